The third-order valence-corrected chi connectivity index (χ3v) is 5.00. The molecule has 1 saturated heterocycles. The van der Waals surface area contributed by atoms with E-state index in [1.54, 1.807) is 6.34 Å². The van der Waals surface area contributed by atoms with Gasteiger partial charge >= 0.3 is 6.18 Å². The molecule has 1 aromatic rings. The van der Waals surface area contributed by atoms with Crippen LogP contribution in [0.15, 0.2) is 66.5 Å². The van der Waals surface area contributed by atoms with E-state index in [0.717, 1.165) is 38.5 Å². The smallest absolute Gasteiger partial charge is 0.396 e. The van der Waals surface area contributed by atoms with Gasteiger partial charge in [-0.1, -0.05) is 43.5 Å². The molecule has 1 aromatic heterocycles. The molecule has 0 radical (unpaired) electrons. The van der Waals surface area contributed by atoms with E-state index in [1.807, 2.05) is 24.3 Å². The van der Waals surface area contributed by atoms with Crippen molar-refractivity contribution in [1.82, 2.24) is 14.9 Å². The van der Waals surface area contributed by atoms with Crippen molar-refractivity contribution in [3.8, 4) is 0 Å². The number of aliphatic imine (C=N–C) groups is 1. The van der Waals surface area contributed by atoms with Gasteiger partial charge in [-0.3, -0.25) is 0 Å². The second kappa shape index (κ2) is 12.1. The molecule has 168 valence electrons. The molecule has 2 N–H and O–H groups in total. The van der Waals surface area contributed by atoms with E-state index < -0.39 is 11.9 Å². The second-order valence-electron chi connectivity index (χ2n) is 7.27. The first-order valence-electron chi connectivity index (χ1n) is 10.2. The fourth-order valence-electron chi connectivity index (χ4n) is 3.22. The lowest BCUT2D eigenvalue weighted by molar-refractivity contribution is -0.140. The Morgan fingerprint density at radius 2 is 2.03 bits per heavy atom. The van der Waals surface area contributed by atoms with Crippen molar-refractivity contribution in [1.29, 1.82) is 0 Å². The van der Waals surface area contributed by atoms with E-state index >= 15 is 0 Å². The lowest BCUT2D eigenvalue weighted by atomic mass is 9.90. The van der Waals surface area contributed by atoms with Gasteiger partial charge in [0.25, 0.3) is 0 Å². The Hall–Kier alpha value is -2.87. The number of imidazole rings is 1. The molecule has 8 heteroatoms. The maximum atomic E-state index is 12.7. The fraction of sp³-hybridized carbons (Fsp3) is 0.391. The van der Waals surface area contributed by atoms with Gasteiger partial charge in [0.2, 0.25) is 0 Å². The molecular weight excluding hydrogens is 405 g/mol. The number of alkyl halides is 3. The van der Waals surface area contributed by atoms with Crippen LogP contribution in [-0.2, 0) is 6.18 Å². The lowest BCUT2D eigenvalue weighted by Crippen LogP contribution is -2.32. The van der Waals surface area contributed by atoms with Crippen LogP contribution < -0.4 is 0 Å². The zero-order chi connectivity index (χ0) is 22.7. The molecule has 1 aliphatic rings. The van der Waals surface area contributed by atoms with Gasteiger partial charge in [0.15, 0.2) is 0 Å². The number of aromatic nitrogens is 2. The summed E-state index contributed by atoms with van der Waals surface area (Å²) in [5, 5.41) is 8.81. The summed E-state index contributed by atoms with van der Waals surface area (Å²) in [5.74, 6) is 0.637. The molecule has 2 rings (SSSR count). The van der Waals surface area contributed by atoms with Gasteiger partial charge in [0.05, 0.1) is 12.5 Å². The van der Waals surface area contributed by atoms with Gasteiger partial charge in [-0.2, -0.15) is 13.2 Å². The molecule has 0 aromatic carbocycles. The van der Waals surface area contributed by atoms with Crippen molar-refractivity contribution in [2.24, 2.45) is 10.9 Å². The van der Waals surface area contributed by atoms with Crippen molar-refractivity contribution in [2.75, 3.05) is 19.7 Å². The SMILES string of the molecule is C=C/C(=C\C=C\CCO)CC1CCN(C=N/C=C(\C=C)c2ncc(C(F)(F)F)[nH]2)CC1. The van der Waals surface area contributed by atoms with Crippen LogP contribution in [0, 0.1) is 5.92 Å². The maximum Gasteiger partial charge on any atom is 0.432 e. The number of H-pyrrole nitrogens is 1. The van der Waals surface area contributed by atoms with Gasteiger partial charge in [-0.05, 0) is 37.2 Å². The predicted molar refractivity (Wildman–Crippen MR) is 118 cm³/mol. The highest BCUT2D eigenvalue weighted by atomic mass is 19.4. The summed E-state index contributed by atoms with van der Waals surface area (Å²) in [6.07, 6.45) is 12.3. The minimum absolute atomic E-state index is 0.0787. The van der Waals surface area contributed by atoms with Crippen LogP contribution >= 0.6 is 0 Å². The molecule has 1 fully saturated rings. The van der Waals surface area contributed by atoms with Gasteiger partial charge in [0, 0.05) is 31.5 Å². The summed E-state index contributed by atoms with van der Waals surface area (Å²) in [6.45, 7) is 9.36. The summed E-state index contributed by atoms with van der Waals surface area (Å²) < 4.78 is 38.1. The minimum atomic E-state index is -4.47. The number of hydrogen-bond acceptors (Lipinski definition) is 3. The van der Waals surface area contributed by atoms with E-state index in [9.17, 15) is 13.2 Å². The third kappa shape index (κ3) is 8.05. The average Bonchev–Trinajstić information content (AvgIpc) is 3.25. The van der Waals surface area contributed by atoms with Crippen LogP contribution in [-0.4, -0.2) is 46.0 Å². The number of aliphatic hydroxyl groups excluding tert-OH is 1. The molecule has 0 unspecified atom stereocenters. The highest BCUT2D eigenvalue weighted by Crippen LogP contribution is 2.28. The Morgan fingerprint density at radius 1 is 1.29 bits per heavy atom. The standard InChI is InChI=1S/C23H29F3N4O/c1-3-18(8-6-5-7-13-31)14-19-9-11-30(12-10-19)17-27-15-20(4-2)22-28-16-21(29-22)23(24,25)26/h3-6,8,15-17,19,31H,1-2,7,9-14H2,(H,28,29)/b6-5+,18-8+,20-15+,27-17?. The quantitative estimate of drug-likeness (QED) is 0.305. The Bertz CT molecular complexity index is 841. The Morgan fingerprint density at radius 3 is 2.61 bits per heavy atom. The number of piperidine rings is 1. The van der Waals surface area contributed by atoms with Crippen molar-refractivity contribution >= 4 is 11.9 Å². The molecule has 0 atom stereocenters. The number of nitrogens with zero attached hydrogens (tertiary/aromatic N) is 3. The molecule has 0 bridgehead atoms. The highest BCUT2D eigenvalue weighted by molar-refractivity contribution is 5.70. The lowest BCUT2D eigenvalue weighted by Gasteiger charge is -2.30. The molecule has 1 aliphatic heterocycles. The highest BCUT2D eigenvalue weighted by Gasteiger charge is 2.33. The summed E-state index contributed by atoms with van der Waals surface area (Å²) >= 11 is 0. The average molecular weight is 435 g/mol. The predicted octanol–water partition coefficient (Wildman–Crippen LogP) is 5.14. The van der Waals surface area contributed by atoms with Crippen molar-refractivity contribution < 1.29 is 18.3 Å². The summed E-state index contributed by atoms with van der Waals surface area (Å²) in [5.41, 5.74) is 0.659. The van der Waals surface area contributed by atoms with Crippen molar-refractivity contribution in [2.45, 2.75) is 31.9 Å². The van der Waals surface area contributed by atoms with Gasteiger partial charge < -0.3 is 15.0 Å². The van der Waals surface area contributed by atoms with Crippen LogP contribution in [0.5, 0.6) is 0 Å². The molecule has 5 nitrogen and oxygen atoms in total. The van der Waals surface area contributed by atoms with Crippen LogP contribution in [0.1, 0.15) is 37.2 Å². The zero-order valence-corrected chi connectivity index (χ0v) is 17.5. The van der Waals surface area contributed by atoms with Gasteiger partial charge in [-0.25, -0.2) is 9.98 Å². The van der Waals surface area contributed by atoms with Gasteiger partial charge in [0.1, 0.15) is 11.5 Å². The number of aromatic amines is 1. The Kier molecular flexibility index (Phi) is 9.52. The van der Waals surface area contributed by atoms with Crippen LogP contribution in [0.4, 0.5) is 13.2 Å². The number of likely N-dealkylation sites (tertiary alicyclic amines) is 1. The number of rotatable bonds is 10. The molecular formula is C23H29F3N4O. The summed E-state index contributed by atoms with van der Waals surface area (Å²) in [7, 11) is 0. The molecule has 0 amide bonds. The minimum Gasteiger partial charge on any atom is -0.396 e. The molecule has 0 saturated carbocycles. The van der Waals surface area contributed by atoms with E-state index in [4.69, 9.17) is 5.11 Å². The maximum absolute atomic E-state index is 12.7. The Labute approximate surface area is 181 Å². The van der Waals surface area contributed by atoms with E-state index in [-0.39, 0.29) is 12.4 Å². The second-order valence-corrected chi connectivity index (χ2v) is 7.27. The first-order chi connectivity index (χ1) is 14.9. The number of halogens is 3. The first-order valence-corrected chi connectivity index (χ1v) is 10.2. The molecule has 0 spiro atoms. The monoisotopic (exact) mass is 434 g/mol. The third-order valence-electron chi connectivity index (χ3n) is 5.00. The first kappa shape index (κ1) is 24.4. The summed E-state index contributed by atoms with van der Waals surface area (Å²) in [4.78, 5) is 12.3. The fourth-order valence-corrected chi connectivity index (χ4v) is 3.22. The van der Waals surface area contributed by atoms with Crippen molar-refractivity contribution in [3.05, 3.63) is 73.0 Å². The zero-order valence-electron chi connectivity index (χ0n) is 17.5. The van der Waals surface area contributed by atoms with Crippen molar-refractivity contribution in [3.63, 3.8) is 0 Å². The van der Waals surface area contributed by atoms with E-state index in [1.165, 1.54) is 17.8 Å². The van der Waals surface area contributed by atoms with Gasteiger partial charge in [-0.15, -0.1) is 0 Å². The summed E-state index contributed by atoms with van der Waals surface area (Å²) in [6, 6.07) is 0. The normalized spacial score (nSPS) is 17.1. The number of aliphatic hydroxyl groups is 1. The van der Waals surface area contributed by atoms with Crippen LogP contribution in [0.25, 0.3) is 5.57 Å². The molecule has 31 heavy (non-hydrogen) atoms. The van der Waals surface area contributed by atoms with E-state index in [0.29, 0.717) is 17.9 Å². The number of hydrogen-bond donors (Lipinski definition) is 2. The Balaban J connectivity index is 1.88. The molecule has 2 heterocycles. The number of nitrogens with one attached hydrogen (secondary N) is 1. The topological polar surface area (TPSA) is 64.5 Å². The van der Waals surface area contributed by atoms with E-state index in [2.05, 4.69) is 33.0 Å². The molecule has 0 aliphatic carbocycles. The largest absolute Gasteiger partial charge is 0.432 e. The van der Waals surface area contributed by atoms with Crippen LogP contribution in [0.2, 0.25) is 0 Å². The van der Waals surface area contributed by atoms with Crippen LogP contribution in [0.3, 0.4) is 0 Å². The number of allylic oxidation sites excluding steroid dienone is 6.